The van der Waals surface area contributed by atoms with Gasteiger partial charge in [-0.1, -0.05) is 23.7 Å². The molecule has 1 aliphatic rings. The van der Waals surface area contributed by atoms with Gasteiger partial charge < -0.3 is 15.0 Å². The maximum absolute atomic E-state index is 13.1. The zero-order chi connectivity index (χ0) is 19.9. The number of halogens is 2. The summed E-state index contributed by atoms with van der Waals surface area (Å²) >= 11 is 5.81. The summed E-state index contributed by atoms with van der Waals surface area (Å²) in [6.45, 7) is 1.84. The average Bonchev–Trinajstić information content (AvgIpc) is 2.72. The van der Waals surface area contributed by atoms with Crippen molar-refractivity contribution >= 4 is 23.4 Å². The van der Waals surface area contributed by atoms with Crippen molar-refractivity contribution in [3.8, 4) is 0 Å². The van der Waals surface area contributed by atoms with Gasteiger partial charge in [0.15, 0.2) is 0 Å². The Balaban J connectivity index is 1.42. The van der Waals surface area contributed by atoms with Crippen molar-refractivity contribution in [3.05, 3.63) is 70.5 Å². The standard InChI is InChI=1S/C21H22ClFN2O3/c22-17-7-3-16(4-8-17)21(27)24-11-1-2-20(26)25-12-13-28-19(14-25)15-5-9-18(23)10-6-15/h3-10,19H,1-2,11-14H2,(H,24,27). The van der Waals surface area contributed by atoms with Crippen LogP contribution < -0.4 is 5.32 Å². The lowest BCUT2D eigenvalue weighted by Gasteiger charge is -2.33. The number of morpholine rings is 1. The van der Waals surface area contributed by atoms with Crippen LogP contribution in [0.15, 0.2) is 48.5 Å². The molecule has 2 aromatic rings. The molecule has 0 radical (unpaired) electrons. The lowest BCUT2D eigenvalue weighted by Crippen LogP contribution is -2.42. The molecular weight excluding hydrogens is 383 g/mol. The second-order valence-electron chi connectivity index (χ2n) is 6.62. The Hall–Kier alpha value is -2.44. The fraction of sp³-hybridized carbons (Fsp3) is 0.333. The van der Waals surface area contributed by atoms with Crippen LogP contribution in [0.3, 0.4) is 0 Å². The minimum absolute atomic E-state index is 0.0242. The Bertz CT molecular complexity index is 811. The third kappa shape index (κ3) is 5.53. The van der Waals surface area contributed by atoms with Crippen LogP contribution in [0.2, 0.25) is 5.02 Å². The number of amides is 2. The molecular formula is C21H22ClFN2O3. The predicted molar refractivity (Wildman–Crippen MR) is 105 cm³/mol. The number of rotatable bonds is 6. The largest absolute Gasteiger partial charge is 0.370 e. The average molecular weight is 405 g/mol. The van der Waals surface area contributed by atoms with E-state index in [-0.39, 0.29) is 23.7 Å². The van der Waals surface area contributed by atoms with Gasteiger partial charge in [0.2, 0.25) is 5.91 Å². The van der Waals surface area contributed by atoms with Crippen molar-refractivity contribution in [2.75, 3.05) is 26.2 Å². The van der Waals surface area contributed by atoms with Crippen LogP contribution in [-0.4, -0.2) is 43.0 Å². The molecule has 0 aliphatic carbocycles. The Morgan fingerprint density at radius 1 is 1.14 bits per heavy atom. The number of ether oxygens (including phenoxy) is 1. The van der Waals surface area contributed by atoms with Gasteiger partial charge in [-0.25, -0.2) is 4.39 Å². The van der Waals surface area contributed by atoms with Gasteiger partial charge in [0.1, 0.15) is 11.9 Å². The summed E-state index contributed by atoms with van der Waals surface area (Å²) in [6, 6.07) is 12.8. The summed E-state index contributed by atoms with van der Waals surface area (Å²) in [4.78, 5) is 26.3. The van der Waals surface area contributed by atoms with Crippen molar-refractivity contribution in [1.29, 1.82) is 0 Å². The molecule has 1 unspecified atom stereocenters. The maximum Gasteiger partial charge on any atom is 0.251 e. The first kappa shape index (κ1) is 20.3. The minimum atomic E-state index is -0.298. The van der Waals surface area contributed by atoms with Crippen molar-refractivity contribution < 1.29 is 18.7 Å². The van der Waals surface area contributed by atoms with E-state index in [9.17, 15) is 14.0 Å². The third-order valence-electron chi connectivity index (χ3n) is 4.62. The molecule has 0 bridgehead atoms. The van der Waals surface area contributed by atoms with Crippen LogP contribution in [0.5, 0.6) is 0 Å². The van der Waals surface area contributed by atoms with Gasteiger partial charge in [0.05, 0.1) is 13.2 Å². The molecule has 0 aromatic heterocycles. The van der Waals surface area contributed by atoms with E-state index in [1.54, 1.807) is 41.3 Å². The fourth-order valence-corrected chi connectivity index (χ4v) is 3.18. The molecule has 0 spiro atoms. The summed E-state index contributed by atoms with van der Waals surface area (Å²) in [6.07, 6.45) is 0.649. The highest BCUT2D eigenvalue weighted by Crippen LogP contribution is 2.23. The first-order valence-electron chi connectivity index (χ1n) is 9.21. The van der Waals surface area contributed by atoms with Crippen LogP contribution in [0.25, 0.3) is 0 Å². The molecule has 1 saturated heterocycles. The smallest absolute Gasteiger partial charge is 0.251 e. The fourth-order valence-electron chi connectivity index (χ4n) is 3.06. The van der Waals surface area contributed by atoms with Gasteiger partial charge in [-0.05, 0) is 48.4 Å². The summed E-state index contributed by atoms with van der Waals surface area (Å²) in [5.74, 6) is -0.462. The van der Waals surface area contributed by atoms with E-state index in [2.05, 4.69) is 5.32 Å². The molecule has 1 aliphatic heterocycles. The van der Waals surface area contributed by atoms with E-state index in [1.807, 2.05) is 0 Å². The Morgan fingerprint density at radius 3 is 2.57 bits per heavy atom. The molecule has 1 atom stereocenters. The lowest BCUT2D eigenvalue weighted by atomic mass is 10.1. The molecule has 0 saturated carbocycles. The van der Waals surface area contributed by atoms with E-state index in [1.165, 1.54) is 12.1 Å². The zero-order valence-corrected chi connectivity index (χ0v) is 16.1. The number of hydrogen-bond donors (Lipinski definition) is 1. The van der Waals surface area contributed by atoms with Gasteiger partial charge >= 0.3 is 0 Å². The van der Waals surface area contributed by atoms with Gasteiger partial charge in [0.25, 0.3) is 5.91 Å². The maximum atomic E-state index is 13.1. The molecule has 2 aromatic carbocycles. The summed E-state index contributed by atoms with van der Waals surface area (Å²) in [7, 11) is 0. The molecule has 5 nitrogen and oxygen atoms in total. The van der Waals surface area contributed by atoms with E-state index >= 15 is 0 Å². The van der Waals surface area contributed by atoms with Crippen molar-refractivity contribution in [3.63, 3.8) is 0 Å². The van der Waals surface area contributed by atoms with E-state index in [4.69, 9.17) is 16.3 Å². The molecule has 28 heavy (non-hydrogen) atoms. The van der Waals surface area contributed by atoms with Gasteiger partial charge in [0, 0.05) is 30.1 Å². The number of nitrogens with zero attached hydrogens (tertiary/aromatic N) is 1. The summed E-state index contributed by atoms with van der Waals surface area (Å²) in [5.41, 5.74) is 1.39. The number of carbonyl (C=O) groups excluding carboxylic acids is 2. The van der Waals surface area contributed by atoms with Crippen LogP contribution in [0, 0.1) is 5.82 Å². The van der Waals surface area contributed by atoms with Crippen molar-refractivity contribution in [2.24, 2.45) is 0 Å². The molecule has 1 heterocycles. The molecule has 1 fully saturated rings. The van der Waals surface area contributed by atoms with Crippen LogP contribution in [0.1, 0.15) is 34.9 Å². The van der Waals surface area contributed by atoms with Crippen LogP contribution in [-0.2, 0) is 9.53 Å². The van der Waals surface area contributed by atoms with Crippen molar-refractivity contribution in [1.82, 2.24) is 10.2 Å². The molecule has 148 valence electrons. The number of benzene rings is 2. The molecule has 1 N–H and O–H groups in total. The lowest BCUT2D eigenvalue weighted by molar-refractivity contribution is -0.139. The highest BCUT2D eigenvalue weighted by Gasteiger charge is 2.25. The summed E-state index contributed by atoms with van der Waals surface area (Å²) < 4.78 is 18.8. The first-order chi connectivity index (χ1) is 13.5. The highest BCUT2D eigenvalue weighted by molar-refractivity contribution is 6.30. The van der Waals surface area contributed by atoms with E-state index in [0.29, 0.717) is 49.7 Å². The monoisotopic (exact) mass is 404 g/mol. The number of hydrogen-bond acceptors (Lipinski definition) is 3. The quantitative estimate of drug-likeness (QED) is 0.748. The second kappa shape index (κ2) is 9.66. The summed E-state index contributed by atoms with van der Waals surface area (Å²) in [5, 5.41) is 3.38. The zero-order valence-electron chi connectivity index (χ0n) is 15.4. The predicted octanol–water partition coefficient (Wildman–Crippen LogP) is 3.59. The van der Waals surface area contributed by atoms with Crippen molar-refractivity contribution in [2.45, 2.75) is 18.9 Å². The second-order valence-corrected chi connectivity index (χ2v) is 7.05. The first-order valence-corrected chi connectivity index (χ1v) is 9.59. The SMILES string of the molecule is O=C(NCCCC(=O)N1CCOC(c2ccc(F)cc2)C1)c1ccc(Cl)cc1. The van der Waals surface area contributed by atoms with E-state index < -0.39 is 0 Å². The Morgan fingerprint density at radius 2 is 1.86 bits per heavy atom. The Kier molecular flexibility index (Phi) is 7.01. The number of nitrogens with one attached hydrogen (secondary N) is 1. The van der Waals surface area contributed by atoms with Gasteiger partial charge in [-0.15, -0.1) is 0 Å². The molecule has 2 amide bonds. The third-order valence-corrected chi connectivity index (χ3v) is 4.87. The van der Waals surface area contributed by atoms with Gasteiger partial charge in [-0.2, -0.15) is 0 Å². The van der Waals surface area contributed by atoms with Gasteiger partial charge in [-0.3, -0.25) is 9.59 Å². The topological polar surface area (TPSA) is 58.6 Å². The molecule has 3 rings (SSSR count). The number of carbonyl (C=O) groups is 2. The van der Waals surface area contributed by atoms with E-state index in [0.717, 1.165) is 5.56 Å². The highest BCUT2D eigenvalue weighted by atomic mass is 35.5. The van der Waals surface area contributed by atoms with Crippen LogP contribution in [0.4, 0.5) is 4.39 Å². The van der Waals surface area contributed by atoms with Crippen LogP contribution >= 0.6 is 11.6 Å². The normalized spacial score (nSPS) is 16.6. The Labute approximate surface area is 168 Å². The minimum Gasteiger partial charge on any atom is -0.370 e. The molecule has 7 heteroatoms.